The largest absolute Gasteiger partial charge is 0.353 e. The molecule has 0 aliphatic carbocycles. The lowest BCUT2D eigenvalue weighted by atomic mass is 10.2. The number of hydrogen-bond donors (Lipinski definition) is 0. The molecule has 2 aliphatic rings. The lowest BCUT2D eigenvalue weighted by Crippen LogP contribution is -2.51. The molecule has 2 fully saturated rings. The van der Waals surface area contributed by atoms with Gasteiger partial charge in [-0.15, -0.1) is 14.8 Å². The van der Waals surface area contributed by atoms with Crippen LogP contribution in [0.2, 0.25) is 0 Å². The van der Waals surface area contributed by atoms with E-state index in [2.05, 4.69) is 25.0 Å². The standard InChI is InChI=1S/C14H20N6O2S/c1-11-15-13-2-3-14(17-20(13)16-11)19-7-5-18(6-8-19)12-4-9-23(21,22)10-12/h2-3,12H,4-10H2,1H3. The minimum atomic E-state index is -2.82. The van der Waals surface area contributed by atoms with E-state index in [1.54, 1.807) is 4.63 Å². The van der Waals surface area contributed by atoms with Gasteiger partial charge in [0.05, 0.1) is 11.5 Å². The van der Waals surface area contributed by atoms with Crippen molar-refractivity contribution in [3.63, 3.8) is 0 Å². The first kappa shape index (κ1) is 14.8. The number of aromatic nitrogens is 4. The molecule has 4 rings (SSSR count). The highest BCUT2D eigenvalue weighted by atomic mass is 32.2. The van der Waals surface area contributed by atoms with Crippen LogP contribution in [0.25, 0.3) is 5.65 Å². The molecule has 8 nitrogen and oxygen atoms in total. The summed E-state index contributed by atoms with van der Waals surface area (Å²) in [5.41, 5.74) is 0.751. The van der Waals surface area contributed by atoms with Crippen LogP contribution in [0.5, 0.6) is 0 Å². The summed E-state index contributed by atoms with van der Waals surface area (Å²) < 4.78 is 24.8. The molecule has 0 amide bonds. The molecule has 0 aromatic carbocycles. The van der Waals surface area contributed by atoms with Crippen LogP contribution >= 0.6 is 0 Å². The summed E-state index contributed by atoms with van der Waals surface area (Å²) in [6.07, 6.45) is 0.769. The zero-order chi connectivity index (χ0) is 16.0. The molecule has 1 unspecified atom stereocenters. The Bertz CT molecular complexity index is 825. The molecule has 23 heavy (non-hydrogen) atoms. The Balaban J connectivity index is 1.44. The maximum atomic E-state index is 11.6. The van der Waals surface area contributed by atoms with Crippen molar-refractivity contribution in [1.29, 1.82) is 0 Å². The van der Waals surface area contributed by atoms with Crippen molar-refractivity contribution in [3.8, 4) is 0 Å². The summed E-state index contributed by atoms with van der Waals surface area (Å²) in [6, 6.07) is 4.09. The molecule has 0 radical (unpaired) electrons. The van der Waals surface area contributed by atoms with Crippen LogP contribution in [-0.2, 0) is 9.84 Å². The third-order valence-electron chi connectivity index (χ3n) is 4.66. The topological polar surface area (TPSA) is 83.7 Å². The van der Waals surface area contributed by atoms with E-state index in [0.717, 1.165) is 44.1 Å². The summed E-state index contributed by atoms with van der Waals surface area (Å²) in [4.78, 5) is 8.81. The van der Waals surface area contributed by atoms with Gasteiger partial charge < -0.3 is 4.90 Å². The second-order valence-electron chi connectivity index (χ2n) is 6.28. The van der Waals surface area contributed by atoms with Crippen molar-refractivity contribution in [2.45, 2.75) is 19.4 Å². The molecule has 4 heterocycles. The molecule has 1 atom stereocenters. The first-order chi connectivity index (χ1) is 11.0. The molecule has 0 bridgehead atoms. The zero-order valence-electron chi connectivity index (χ0n) is 13.1. The average molecular weight is 336 g/mol. The monoisotopic (exact) mass is 336 g/mol. The van der Waals surface area contributed by atoms with Crippen LogP contribution in [0, 0.1) is 6.92 Å². The summed E-state index contributed by atoms with van der Waals surface area (Å²) >= 11 is 0. The third-order valence-corrected chi connectivity index (χ3v) is 6.41. The molecule has 2 aromatic heterocycles. The number of rotatable bonds is 2. The third kappa shape index (κ3) is 2.90. The van der Waals surface area contributed by atoms with Gasteiger partial charge in [0.1, 0.15) is 5.82 Å². The highest BCUT2D eigenvalue weighted by molar-refractivity contribution is 7.91. The number of sulfone groups is 1. The Labute approximate surface area is 135 Å². The number of nitrogens with zero attached hydrogens (tertiary/aromatic N) is 6. The van der Waals surface area contributed by atoms with Crippen LogP contribution in [0.1, 0.15) is 12.2 Å². The molecular formula is C14H20N6O2S. The summed E-state index contributed by atoms with van der Waals surface area (Å²) in [5, 5.41) is 8.77. The normalized spacial score (nSPS) is 25.3. The Hall–Kier alpha value is -1.74. The van der Waals surface area contributed by atoms with Gasteiger partial charge in [0.2, 0.25) is 0 Å². The molecular weight excluding hydrogens is 316 g/mol. The highest BCUT2D eigenvalue weighted by Crippen LogP contribution is 2.21. The first-order valence-corrected chi connectivity index (χ1v) is 9.72. The summed E-state index contributed by atoms with van der Waals surface area (Å²) in [5.74, 6) is 2.25. The molecule has 0 saturated carbocycles. The fourth-order valence-corrected chi connectivity index (χ4v) is 5.19. The van der Waals surface area contributed by atoms with Crippen molar-refractivity contribution in [3.05, 3.63) is 18.0 Å². The van der Waals surface area contributed by atoms with Gasteiger partial charge in [-0.25, -0.2) is 13.4 Å². The van der Waals surface area contributed by atoms with Gasteiger partial charge in [0, 0.05) is 32.2 Å². The van der Waals surface area contributed by atoms with E-state index < -0.39 is 9.84 Å². The van der Waals surface area contributed by atoms with Gasteiger partial charge in [-0.2, -0.15) is 0 Å². The second-order valence-corrected chi connectivity index (χ2v) is 8.51. The quantitative estimate of drug-likeness (QED) is 0.747. The van der Waals surface area contributed by atoms with E-state index in [-0.39, 0.29) is 6.04 Å². The molecule has 9 heteroatoms. The van der Waals surface area contributed by atoms with Crippen molar-refractivity contribution in [2.24, 2.45) is 0 Å². The second kappa shape index (κ2) is 5.41. The van der Waals surface area contributed by atoms with Crippen molar-refractivity contribution in [2.75, 3.05) is 42.6 Å². The van der Waals surface area contributed by atoms with E-state index in [4.69, 9.17) is 0 Å². The number of hydrogen-bond acceptors (Lipinski definition) is 7. The van der Waals surface area contributed by atoms with Gasteiger partial charge in [0.25, 0.3) is 0 Å². The summed E-state index contributed by atoms with van der Waals surface area (Å²) in [6.45, 7) is 5.29. The van der Waals surface area contributed by atoms with E-state index in [9.17, 15) is 8.42 Å². The molecule has 2 aliphatic heterocycles. The zero-order valence-corrected chi connectivity index (χ0v) is 13.9. The fraction of sp³-hybridized carbons (Fsp3) is 0.643. The minimum absolute atomic E-state index is 0.190. The molecule has 0 N–H and O–H groups in total. The molecule has 124 valence electrons. The van der Waals surface area contributed by atoms with Crippen LogP contribution in [-0.4, -0.2) is 76.9 Å². The van der Waals surface area contributed by atoms with Crippen LogP contribution in [0.3, 0.4) is 0 Å². The van der Waals surface area contributed by atoms with Crippen LogP contribution < -0.4 is 4.90 Å². The fourth-order valence-electron chi connectivity index (χ4n) is 3.43. The minimum Gasteiger partial charge on any atom is -0.353 e. The molecule has 2 aromatic rings. The maximum Gasteiger partial charge on any atom is 0.176 e. The maximum absolute atomic E-state index is 11.6. The van der Waals surface area contributed by atoms with Gasteiger partial charge in [0.15, 0.2) is 21.3 Å². The lowest BCUT2D eigenvalue weighted by Gasteiger charge is -2.38. The van der Waals surface area contributed by atoms with E-state index in [1.807, 2.05) is 19.1 Å². The van der Waals surface area contributed by atoms with E-state index >= 15 is 0 Å². The van der Waals surface area contributed by atoms with Gasteiger partial charge in [-0.05, 0) is 25.5 Å². The number of fused-ring (bicyclic) bond motifs is 1. The molecule has 0 spiro atoms. The SMILES string of the molecule is Cc1nc2ccc(N3CCN(C4CCS(=O)(=O)C4)CC3)nn2n1. The van der Waals surface area contributed by atoms with Crippen molar-refractivity contribution < 1.29 is 8.42 Å². The Morgan fingerprint density at radius 2 is 1.91 bits per heavy atom. The van der Waals surface area contributed by atoms with Crippen LogP contribution in [0.4, 0.5) is 5.82 Å². The molecule has 2 saturated heterocycles. The first-order valence-electron chi connectivity index (χ1n) is 7.90. The van der Waals surface area contributed by atoms with Crippen LogP contribution in [0.15, 0.2) is 12.1 Å². The highest BCUT2D eigenvalue weighted by Gasteiger charge is 2.33. The van der Waals surface area contributed by atoms with E-state index in [0.29, 0.717) is 17.3 Å². The average Bonchev–Trinajstić information content (AvgIpc) is 3.08. The van der Waals surface area contributed by atoms with Gasteiger partial charge in [-0.1, -0.05) is 0 Å². The van der Waals surface area contributed by atoms with Crippen molar-refractivity contribution >= 4 is 21.3 Å². The smallest absolute Gasteiger partial charge is 0.176 e. The van der Waals surface area contributed by atoms with Crippen molar-refractivity contribution in [1.82, 2.24) is 24.7 Å². The predicted octanol–water partition coefficient (Wildman–Crippen LogP) is -0.258. The van der Waals surface area contributed by atoms with E-state index in [1.165, 1.54) is 0 Å². The lowest BCUT2D eigenvalue weighted by molar-refractivity contribution is 0.200. The number of anilines is 1. The number of piperazine rings is 1. The van der Waals surface area contributed by atoms with Gasteiger partial charge >= 0.3 is 0 Å². The number of aryl methyl sites for hydroxylation is 1. The Morgan fingerprint density at radius 3 is 2.61 bits per heavy atom. The Morgan fingerprint density at radius 1 is 1.13 bits per heavy atom. The Kier molecular flexibility index (Phi) is 3.49. The van der Waals surface area contributed by atoms with Gasteiger partial charge in [-0.3, -0.25) is 4.90 Å². The predicted molar refractivity (Wildman–Crippen MR) is 86.4 cm³/mol. The summed E-state index contributed by atoms with van der Waals surface area (Å²) in [7, 11) is -2.82.